The monoisotopic (exact) mass is 433 g/mol. The van der Waals surface area contributed by atoms with Crippen LogP contribution in [0.25, 0.3) is 0 Å². The van der Waals surface area contributed by atoms with Crippen molar-refractivity contribution in [3.8, 4) is 0 Å². The quantitative estimate of drug-likeness (QED) is 0.721. The summed E-state index contributed by atoms with van der Waals surface area (Å²) in [6, 6.07) is 2.02. The number of benzene rings is 1. The van der Waals surface area contributed by atoms with Crippen molar-refractivity contribution >= 4 is 52.4 Å². The van der Waals surface area contributed by atoms with Crippen LogP contribution in [0, 0.1) is 11.6 Å². The number of hydrogen-bond acceptors (Lipinski definition) is 5. The molecule has 1 aromatic carbocycles. The number of carbonyl (C=O) groups is 3. The van der Waals surface area contributed by atoms with E-state index in [1.807, 2.05) is 0 Å². The Morgan fingerprint density at radius 1 is 1.29 bits per heavy atom. The third kappa shape index (κ3) is 4.36. The van der Waals surface area contributed by atoms with Crippen LogP contribution in [0.15, 0.2) is 24.4 Å². The minimum absolute atomic E-state index is 0.0231. The standard InChI is InChI=1S/C17H15Cl2F2N3O4/c18-15(19)16(26)22-7-11-8-24(17(27)28-11)9-5-12(20)14(13(21)6-9)23-3-1-10(25)2-4-23/h1,3,5-6,11,15H,2,4,7-8H2,(H,22,26)/t11-/m0/s1. The first-order chi connectivity index (χ1) is 13.3. The fourth-order valence-electron chi connectivity index (χ4n) is 2.86. The van der Waals surface area contributed by atoms with Crippen molar-refractivity contribution in [1.82, 2.24) is 5.32 Å². The first-order valence-corrected chi connectivity index (χ1v) is 9.14. The summed E-state index contributed by atoms with van der Waals surface area (Å²) < 4.78 is 34.2. The number of cyclic esters (lactones) is 1. The molecule has 150 valence electrons. The number of allylic oxidation sites excluding steroid dienone is 1. The molecule has 0 bridgehead atoms. The Hall–Kier alpha value is -2.39. The van der Waals surface area contributed by atoms with Crippen LogP contribution in [-0.2, 0) is 14.3 Å². The molecule has 2 heterocycles. The van der Waals surface area contributed by atoms with Crippen molar-refractivity contribution in [3.63, 3.8) is 0 Å². The lowest BCUT2D eigenvalue weighted by Gasteiger charge is -2.25. The zero-order valence-corrected chi connectivity index (χ0v) is 15.8. The van der Waals surface area contributed by atoms with E-state index in [4.69, 9.17) is 27.9 Å². The Balaban J connectivity index is 1.73. The lowest BCUT2D eigenvalue weighted by molar-refractivity contribution is -0.119. The van der Waals surface area contributed by atoms with Gasteiger partial charge in [0.2, 0.25) is 0 Å². The van der Waals surface area contributed by atoms with Gasteiger partial charge in [0.25, 0.3) is 5.91 Å². The van der Waals surface area contributed by atoms with Crippen molar-refractivity contribution in [2.24, 2.45) is 0 Å². The molecular formula is C17H15Cl2F2N3O4. The molecule has 2 aliphatic rings. The van der Waals surface area contributed by atoms with Gasteiger partial charge in [0, 0.05) is 31.3 Å². The molecule has 0 aromatic heterocycles. The Bertz CT molecular complexity index is 827. The van der Waals surface area contributed by atoms with Crippen LogP contribution in [0.3, 0.4) is 0 Å². The highest BCUT2D eigenvalue weighted by atomic mass is 35.5. The van der Waals surface area contributed by atoms with Crippen LogP contribution in [0.5, 0.6) is 0 Å². The minimum atomic E-state index is -1.26. The van der Waals surface area contributed by atoms with E-state index < -0.39 is 34.6 Å². The van der Waals surface area contributed by atoms with Gasteiger partial charge in [-0.25, -0.2) is 13.6 Å². The summed E-state index contributed by atoms with van der Waals surface area (Å²) >= 11 is 10.8. The SMILES string of the molecule is O=C1C=CN(c2c(F)cc(N3C[C@H](CNC(=O)C(Cl)Cl)OC3=O)cc2F)CC1. The predicted molar refractivity (Wildman–Crippen MR) is 98.6 cm³/mol. The van der Waals surface area contributed by atoms with Crippen LogP contribution in [0.2, 0.25) is 0 Å². The Morgan fingerprint density at radius 3 is 2.54 bits per heavy atom. The number of anilines is 2. The molecule has 2 aliphatic heterocycles. The predicted octanol–water partition coefficient (Wildman–Crippen LogP) is 2.50. The molecular weight excluding hydrogens is 419 g/mol. The van der Waals surface area contributed by atoms with Gasteiger partial charge in [-0.15, -0.1) is 0 Å². The second-order valence-corrected chi connectivity index (χ2v) is 7.24. The van der Waals surface area contributed by atoms with E-state index in [1.54, 1.807) is 0 Å². The van der Waals surface area contributed by atoms with Crippen LogP contribution in [0.4, 0.5) is 25.0 Å². The number of rotatable bonds is 5. The van der Waals surface area contributed by atoms with Gasteiger partial charge < -0.3 is 15.0 Å². The van der Waals surface area contributed by atoms with E-state index in [2.05, 4.69) is 5.32 Å². The molecule has 0 spiro atoms. The van der Waals surface area contributed by atoms with E-state index in [0.29, 0.717) is 0 Å². The highest BCUT2D eigenvalue weighted by Crippen LogP contribution is 2.32. The topological polar surface area (TPSA) is 79.0 Å². The maximum atomic E-state index is 14.5. The molecule has 0 saturated carbocycles. The van der Waals surface area contributed by atoms with Crippen LogP contribution < -0.4 is 15.1 Å². The van der Waals surface area contributed by atoms with Crippen molar-refractivity contribution in [1.29, 1.82) is 0 Å². The van der Waals surface area contributed by atoms with Gasteiger partial charge >= 0.3 is 6.09 Å². The highest BCUT2D eigenvalue weighted by molar-refractivity contribution is 6.53. The smallest absolute Gasteiger partial charge is 0.414 e. The second-order valence-electron chi connectivity index (χ2n) is 6.15. The highest BCUT2D eigenvalue weighted by Gasteiger charge is 2.34. The van der Waals surface area contributed by atoms with Crippen LogP contribution in [-0.4, -0.2) is 48.4 Å². The first-order valence-electron chi connectivity index (χ1n) is 8.27. The largest absolute Gasteiger partial charge is 0.442 e. The molecule has 2 amide bonds. The Labute approximate surface area is 168 Å². The maximum absolute atomic E-state index is 14.5. The third-order valence-corrected chi connectivity index (χ3v) is 4.61. The van der Waals surface area contributed by atoms with Crippen molar-refractivity contribution < 1.29 is 27.9 Å². The number of ether oxygens (including phenoxy) is 1. The lowest BCUT2D eigenvalue weighted by Crippen LogP contribution is -2.37. The van der Waals surface area contributed by atoms with Gasteiger partial charge in [-0.2, -0.15) is 0 Å². The second kappa shape index (κ2) is 8.32. The number of hydrogen-bond donors (Lipinski definition) is 1. The van der Waals surface area contributed by atoms with Gasteiger partial charge in [0.05, 0.1) is 18.8 Å². The third-order valence-electron chi connectivity index (χ3n) is 4.22. The van der Waals surface area contributed by atoms with Crippen molar-refractivity contribution in [2.75, 3.05) is 29.4 Å². The summed E-state index contributed by atoms with van der Waals surface area (Å²) in [5, 5.41) is 2.40. The van der Waals surface area contributed by atoms with E-state index >= 15 is 0 Å². The molecule has 1 fully saturated rings. The number of ketones is 1. The lowest BCUT2D eigenvalue weighted by atomic mass is 10.1. The Morgan fingerprint density at radius 2 is 1.96 bits per heavy atom. The molecule has 7 nitrogen and oxygen atoms in total. The number of amides is 2. The number of nitrogens with one attached hydrogen (secondary N) is 1. The van der Waals surface area contributed by atoms with E-state index in [9.17, 15) is 23.2 Å². The summed E-state index contributed by atoms with van der Waals surface area (Å²) in [5.41, 5.74) is -0.332. The van der Waals surface area contributed by atoms with Gasteiger partial charge in [-0.05, 0) is 6.08 Å². The molecule has 3 rings (SSSR count). The normalized spacial score (nSPS) is 19.4. The fraction of sp³-hybridized carbons (Fsp3) is 0.353. The zero-order valence-electron chi connectivity index (χ0n) is 14.3. The number of carbonyl (C=O) groups excluding carboxylic acids is 3. The minimum Gasteiger partial charge on any atom is -0.442 e. The average Bonchev–Trinajstić information content (AvgIpc) is 3.01. The maximum Gasteiger partial charge on any atom is 0.414 e. The molecule has 0 radical (unpaired) electrons. The van der Waals surface area contributed by atoms with Crippen LogP contribution >= 0.6 is 23.2 Å². The van der Waals surface area contributed by atoms with E-state index in [1.165, 1.54) is 17.2 Å². The molecule has 1 aromatic rings. The Kier molecular flexibility index (Phi) is 6.04. The molecule has 1 saturated heterocycles. The van der Waals surface area contributed by atoms with Gasteiger partial charge in [0.1, 0.15) is 11.8 Å². The fourth-order valence-corrected chi connectivity index (χ4v) is 3.01. The summed E-state index contributed by atoms with van der Waals surface area (Å²) in [7, 11) is 0. The van der Waals surface area contributed by atoms with E-state index in [0.717, 1.165) is 17.0 Å². The van der Waals surface area contributed by atoms with Gasteiger partial charge in [0.15, 0.2) is 22.3 Å². The van der Waals surface area contributed by atoms with Crippen LogP contribution in [0.1, 0.15) is 6.42 Å². The molecule has 1 atom stereocenters. The van der Waals surface area contributed by atoms with Gasteiger partial charge in [-0.3, -0.25) is 14.5 Å². The first kappa shape index (κ1) is 20.3. The summed E-state index contributed by atoms with van der Waals surface area (Å²) in [5.74, 6) is -2.54. The average molecular weight is 434 g/mol. The molecule has 0 unspecified atom stereocenters. The van der Waals surface area contributed by atoms with Gasteiger partial charge in [-0.1, -0.05) is 23.2 Å². The van der Waals surface area contributed by atoms with Crippen molar-refractivity contribution in [2.45, 2.75) is 17.4 Å². The molecule has 28 heavy (non-hydrogen) atoms. The number of alkyl halides is 2. The van der Waals surface area contributed by atoms with Crippen molar-refractivity contribution in [3.05, 3.63) is 36.0 Å². The molecule has 11 heteroatoms. The zero-order chi connectivity index (χ0) is 20.4. The summed E-state index contributed by atoms with van der Waals surface area (Å²) in [6.07, 6.45) is 1.18. The van der Waals surface area contributed by atoms with E-state index in [-0.39, 0.29) is 43.2 Å². The molecule has 0 aliphatic carbocycles. The number of halogens is 4. The number of nitrogens with zero attached hydrogens (tertiary/aromatic N) is 2. The molecule has 1 N–H and O–H groups in total. The summed E-state index contributed by atoms with van der Waals surface area (Å²) in [4.78, 5) is 35.7. The summed E-state index contributed by atoms with van der Waals surface area (Å²) in [6.45, 7) is 0.0789.